The van der Waals surface area contributed by atoms with Crippen LogP contribution in [-0.4, -0.2) is 41.3 Å². The summed E-state index contributed by atoms with van der Waals surface area (Å²) in [5.74, 6) is -1.45. The van der Waals surface area contributed by atoms with E-state index in [2.05, 4.69) is 4.83 Å². The number of carboxylic acids is 1. The number of halogens is 1. The van der Waals surface area contributed by atoms with E-state index >= 15 is 0 Å². The fourth-order valence-electron chi connectivity index (χ4n) is 2.32. The van der Waals surface area contributed by atoms with Crippen molar-refractivity contribution in [3.05, 3.63) is 64.0 Å². The Bertz CT molecular complexity index is 1150. The Kier molecular flexibility index (Phi) is 6.78. The van der Waals surface area contributed by atoms with Crippen molar-refractivity contribution in [2.24, 2.45) is 0 Å². The van der Waals surface area contributed by atoms with Crippen LogP contribution in [0.1, 0.15) is 5.56 Å². The van der Waals surface area contributed by atoms with Crippen molar-refractivity contribution < 1.29 is 27.9 Å². The summed E-state index contributed by atoms with van der Waals surface area (Å²) < 4.78 is 30.2. The molecule has 0 bridgehead atoms. The molecule has 1 saturated heterocycles. The average Bonchev–Trinajstić information content (AvgIpc) is 2.94. The zero-order valence-electron chi connectivity index (χ0n) is 14.9. The molecular weight excluding hydrogens is 472 g/mol. The molecule has 1 heterocycles. The van der Waals surface area contributed by atoms with E-state index in [0.717, 1.165) is 16.8 Å². The van der Waals surface area contributed by atoms with Gasteiger partial charge in [-0.15, -0.1) is 4.83 Å². The van der Waals surface area contributed by atoms with Crippen LogP contribution in [-0.2, 0) is 19.6 Å². The lowest BCUT2D eigenvalue weighted by atomic mass is 10.2. The summed E-state index contributed by atoms with van der Waals surface area (Å²) in [5.41, 5.74) is 0.555. The fourth-order valence-corrected chi connectivity index (χ4v) is 4.76. The molecule has 1 aliphatic rings. The molecular formula is C18H13ClN2O6S3. The third-order valence-corrected chi connectivity index (χ3v) is 6.52. The summed E-state index contributed by atoms with van der Waals surface area (Å²) in [4.78, 5) is 25.6. The summed E-state index contributed by atoms with van der Waals surface area (Å²) in [6.45, 7) is -0.502. The number of benzene rings is 2. The number of thioether (sulfide) groups is 1. The van der Waals surface area contributed by atoms with Crippen molar-refractivity contribution in [3.8, 4) is 5.75 Å². The Hall–Kier alpha value is -2.44. The second kappa shape index (κ2) is 9.14. The first-order valence-corrected chi connectivity index (χ1v) is 11.2. The molecule has 0 aliphatic carbocycles. The van der Waals surface area contributed by atoms with Gasteiger partial charge in [0, 0.05) is 5.02 Å². The van der Waals surface area contributed by atoms with Gasteiger partial charge in [0.05, 0.1) is 9.80 Å². The van der Waals surface area contributed by atoms with Crippen LogP contribution in [0.2, 0.25) is 5.02 Å². The lowest BCUT2D eigenvalue weighted by molar-refractivity contribution is -0.139. The maximum atomic E-state index is 12.7. The minimum Gasteiger partial charge on any atom is -0.482 e. The highest BCUT2D eigenvalue weighted by atomic mass is 35.5. The molecule has 0 atom stereocenters. The number of carbonyl (C=O) groups is 2. The standard InChI is InChI=1S/C18H13ClN2O6S3/c19-12-4-6-14(7-5-12)30(25,26)20-21-17(24)15(29-18(21)28)9-11-2-1-3-13(8-11)27-10-16(22)23/h1-9,20H,10H2,(H,22,23)/b15-9+. The van der Waals surface area contributed by atoms with Gasteiger partial charge in [0.2, 0.25) is 0 Å². The first-order chi connectivity index (χ1) is 14.2. The molecule has 3 rings (SSSR count). The maximum absolute atomic E-state index is 12.7. The van der Waals surface area contributed by atoms with Gasteiger partial charge in [-0.25, -0.2) is 18.2 Å². The van der Waals surface area contributed by atoms with Crippen LogP contribution in [0.3, 0.4) is 0 Å². The van der Waals surface area contributed by atoms with E-state index in [1.54, 1.807) is 24.3 Å². The van der Waals surface area contributed by atoms with Crippen molar-refractivity contribution in [3.63, 3.8) is 0 Å². The van der Waals surface area contributed by atoms with Crippen LogP contribution >= 0.6 is 35.6 Å². The van der Waals surface area contributed by atoms with E-state index in [9.17, 15) is 18.0 Å². The number of hydrogen-bond acceptors (Lipinski definition) is 7. The Morgan fingerprint density at radius 2 is 1.97 bits per heavy atom. The first kappa shape index (κ1) is 22.2. The van der Waals surface area contributed by atoms with Crippen LogP contribution in [0.25, 0.3) is 6.08 Å². The molecule has 30 heavy (non-hydrogen) atoms. The lowest BCUT2D eigenvalue weighted by Crippen LogP contribution is -2.44. The van der Waals surface area contributed by atoms with Crippen molar-refractivity contribution in [2.75, 3.05) is 6.61 Å². The van der Waals surface area contributed by atoms with Gasteiger partial charge in [0.15, 0.2) is 10.9 Å². The van der Waals surface area contributed by atoms with Crippen LogP contribution in [0, 0.1) is 0 Å². The monoisotopic (exact) mass is 484 g/mol. The summed E-state index contributed by atoms with van der Waals surface area (Å²) in [7, 11) is -4.05. The number of hydrogen-bond donors (Lipinski definition) is 2. The minimum atomic E-state index is -4.05. The van der Waals surface area contributed by atoms with Gasteiger partial charge in [0.25, 0.3) is 15.9 Å². The summed E-state index contributed by atoms with van der Waals surface area (Å²) in [6.07, 6.45) is 1.50. The van der Waals surface area contributed by atoms with Crippen LogP contribution < -0.4 is 9.57 Å². The molecule has 0 unspecified atom stereocenters. The quantitative estimate of drug-likeness (QED) is 0.455. The number of amides is 1. The topological polar surface area (TPSA) is 113 Å². The van der Waals surface area contributed by atoms with E-state index in [1.807, 2.05) is 0 Å². The van der Waals surface area contributed by atoms with Gasteiger partial charge in [0.1, 0.15) is 5.75 Å². The second-order valence-electron chi connectivity index (χ2n) is 5.82. The van der Waals surface area contributed by atoms with E-state index in [-0.39, 0.29) is 14.1 Å². The Morgan fingerprint density at radius 3 is 2.63 bits per heavy atom. The van der Waals surface area contributed by atoms with Crippen molar-refractivity contribution in [1.82, 2.24) is 9.84 Å². The van der Waals surface area contributed by atoms with Crippen molar-refractivity contribution in [1.29, 1.82) is 0 Å². The highest BCUT2D eigenvalue weighted by molar-refractivity contribution is 8.26. The largest absolute Gasteiger partial charge is 0.482 e. The summed E-state index contributed by atoms with van der Waals surface area (Å²) in [5, 5.41) is 9.84. The van der Waals surface area contributed by atoms with Crippen molar-refractivity contribution >= 4 is 67.9 Å². The maximum Gasteiger partial charge on any atom is 0.341 e. The number of ether oxygens (including phenoxy) is 1. The molecule has 156 valence electrons. The molecule has 0 radical (unpaired) electrons. The number of carbonyl (C=O) groups excluding carboxylic acids is 1. The predicted octanol–water partition coefficient (Wildman–Crippen LogP) is 2.90. The molecule has 0 aromatic heterocycles. The zero-order chi connectivity index (χ0) is 21.9. The number of carboxylic acid groups (broad SMARTS) is 1. The normalized spacial score (nSPS) is 15.6. The Labute approximate surface area is 186 Å². The fraction of sp³-hybridized carbons (Fsp3) is 0.0556. The van der Waals surface area contributed by atoms with E-state index < -0.39 is 28.5 Å². The molecule has 1 aliphatic heterocycles. The number of rotatable bonds is 7. The SMILES string of the molecule is O=C(O)COc1cccc(/C=C2/SC(=S)N(NS(=O)(=O)c3ccc(Cl)cc3)C2=O)c1. The number of aliphatic carboxylic acids is 1. The minimum absolute atomic E-state index is 0.0158. The van der Waals surface area contributed by atoms with E-state index in [0.29, 0.717) is 16.3 Å². The number of thiocarbonyl (C=S) groups is 1. The van der Waals surface area contributed by atoms with Crippen LogP contribution in [0.5, 0.6) is 5.75 Å². The number of sulfonamides is 1. The summed E-state index contributed by atoms with van der Waals surface area (Å²) >= 11 is 11.8. The van der Waals surface area contributed by atoms with Gasteiger partial charge >= 0.3 is 5.97 Å². The van der Waals surface area contributed by atoms with Gasteiger partial charge in [-0.2, -0.15) is 0 Å². The molecule has 12 heteroatoms. The Balaban J connectivity index is 1.78. The van der Waals surface area contributed by atoms with E-state index in [1.165, 1.54) is 30.3 Å². The average molecular weight is 485 g/mol. The summed E-state index contributed by atoms with van der Waals surface area (Å²) in [6, 6.07) is 11.9. The molecule has 2 aromatic rings. The van der Waals surface area contributed by atoms with Gasteiger partial charge in [-0.1, -0.05) is 47.7 Å². The second-order valence-corrected chi connectivity index (χ2v) is 9.59. The Morgan fingerprint density at radius 1 is 1.27 bits per heavy atom. The molecule has 0 spiro atoms. The number of nitrogens with one attached hydrogen (secondary N) is 1. The van der Waals surface area contributed by atoms with Crippen LogP contribution in [0.15, 0.2) is 58.3 Å². The number of hydrazine groups is 1. The molecule has 8 nitrogen and oxygen atoms in total. The molecule has 2 N–H and O–H groups in total. The third kappa shape index (κ3) is 5.37. The smallest absolute Gasteiger partial charge is 0.341 e. The number of nitrogens with zero attached hydrogens (tertiary/aromatic N) is 1. The zero-order valence-corrected chi connectivity index (χ0v) is 18.1. The van der Waals surface area contributed by atoms with Crippen LogP contribution in [0.4, 0.5) is 0 Å². The third-order valence-electron chi connectivity index (χ3n) is 3.65. The lowest BCUT2D eigenvalue weighted by Gasteiger charge is -2.15. The molecule has 1 fully saturated rings. The molecule has 2 aromatic carbocycles. The van der Waals surface area contributed by atoms with Gasteiger partial charge in [-0.05, 0) is 48.0 Å². The highest BCUT2D eigenvalue weighted by Crippen LogP contribution is 2.32. The predicted molar refractivity (Wildman–Crippen MR) is 116 cm³/mol. The van der Waals surface area contributed by atoms with E-state index in [4.69, 9.17) is 33.7 Å². The molecule has 0 saturated carbocycles. The van der Waals surface area contributed by atoms with Gasteiger partial charge in [-0.3, -0.25) is 4.79 Å². The molecule has 1 amide bonds. The van der Waals surface area contributed by atoms with Crippen molar-refractivity contribution in [2.45, 2.75) is 4.90 Å². The van der Waals surface area contributed by atoms with Gasteiger partial charge < -0.3 is 9.84 Å². The first-order valence-electron chi connectivity index (χ1n) is 8.16. The highest BCUT2D eigenvalue weighted by Gasteiger charge is 2.35.